The fourth-order valence-electron chi connectivity index (χ4n) is 3.84. The summed E-state index contributed by atoms with van der Waals surface area (Å²) in [6, 6.07) is 15.8. The lowest BCUT2D eigenvalue weighted by Gasteiger charge is -2.24. The number of amides is 1. The summed E-state index contributed by atoms with van der Waals surface area (Å²) >= 11 is 0. The van der Waals surface area contributed by atoms with Crippen LogP contribution in [0, 0.1) is 20.8 Å². The van der Waals surface area contributed by atoms with Gasteiger partial charge in [0.15, 0.2) is 0 Å². The van der Waals surface area contributed by atoms with Crippen molar-refractivity contribution in [1.29, 1.82) is 0 Å². The largest absolute Gasteiger partial charge is 0.461 e. The number of H-pyrrole nitrogens is 1. The van der Waals surface area contributed by atoms with Crippen molar-refractivity contribution in [2.75, 3.05) is 25.6 Å². The quantitative estimate of drug-likeness (QED) is 0.492. The van der Waals surface area contributed by atoms with Crippen LogP contribution >= 0.6 is 0 Å². The Morgan fingerprint density at radius 1 is 0.970 bits per heavy atom. The number of hydrogen-bond donors (Lipinski definition) is 1. The standard InChI is InChI=1S/C27H33N3O3/c1-7-33-27(32)25-19(3)24(20(4)28-25)17-30(16-21-13-11-18(2)12-14-21)26(31)22-9-8-10-23(15-22)29(5)6/h8-15,28H,7,16-17H2,1-6H3. The molecule has 1 heterocycles. The van der Waals surface area contributed by atoms with Gasteiger partial charge in [0.2, 0.25) is 0 Å². The molecule has 33 heavy (non-hydrogen) atoms. The molecule has 0 aliphatic heterocycles. The minimum absolute atomic E-state index is 0.0584. The van der Waals surface area contributed by atoms with Crippen LogP contribution in [-0.4, -0.2) is 42.5 Å². The van der Waals surface area contributed by atoms with Crippen molar-refractivity contribution in [2.24, 2.45) is 0 Å². The molecule has 6 heteroatoms. The predicted octanol–water partition coefficient (Wildman–Crippen LogP) is 5.03. The van der Waals surface area contributed by atoms with Crippen LogP contribution in [0.1, 0.15) is 55.7 Å². The van der Waals surface area contributed by atoms with E-state index in [2.05, 4.69) is 17.1 Å². The fourth-order valence-corrected chi connectivity index (χ4v) is 3.84. The highest BCUT2D eigenvalue weighted by molar-refractivity contribution is 5.95. The highest BCUT2D eigenvalue weighted by Gasteiger charge is 2.23. The second-order valence-electron chi connectivity index (χ2n) is 8.54. The molecule has 1 aromatic heterocycles. The second kappa shape index (κ2) is 10.4. The normalized spacial score (nSPS) is 10.7. The zero-order valence-corrected chi connectivity index (χ0v) is 20.4. The lowest BCUT2D eigenvalue weighted by Crippen LogP contribution is -2.30. The van der Waals surface area contributed by atoms with E-state index in [4.69, 9.17) is 4.74 Å². The number of nitrogens with zero attached hydrogens (tertiary/aromatic N) is 2. The van der Waals surface area contributed by atoms with Crippen LogP contribution in [0.15, 0.2) is 48.5 Å². The van der Waals surface area contributed by atoms with Gasteiger partial charge in [0.25, 0.3) is 5.91 Å². The summed E-state index contributed by atoms with van der Waals surface area (Å²) in [5, 5.41) is 0. The van der Waals surface area contributed by atoms with E-state index in [0.29, 0.717) is 31.0 Å². The van der Waals surface area contributed by atoms with E-state index in [-0.39, 0.29) is 11.9 Å². The number of nitrogens with one attached hydrogen (secondary N) is 1. The Labute approximate surface area is 196 Å². The van der Waals surface area contributed by atoms with E-state index in [0.717, 1.165) is 28.1 Å². The Hall–Kier alpha value is -3.54. The number of aromatic nitrogens is 1. The van der Waals surface area contributed by atoms with Crippen LogP contribution < -0.4 is 4.90 Å². The molecule has 3 rings (SSSR count). The monoisotopic (exact) mass is 447 g/mol. The fraction of sp³-hybridized carbons (Fsp3) is 0.333. The number of anilines is 1. The summed E-state index contributed by atoms with van der Waals surface area (Å²) in [7, 11) is 3.91. The molecule has 0 bridgehead atoms. The number of benzene rings is 2. The number of carbonyl (C=O) groups excluding carboxylic acids is 2. The van der Waals surface area contributed by atoms with Crippen LogP contribution in [0.4, 0.5) is 5.69 Å². The molecule has 0 aliphatic rings. The summed E-state index contributed by atoms with van der Waals surface area (Å²) < 4.78 is 5.19. The molecule has 0 radical (unpaired) electrons. The van der Waals surface area contributed by atoms with Gasteiger partial charge in [-0.1, -0.05) is 35.9 Å². The third-order valence-corrected chi connectivity index (χ3v) is 5.81. The van der Waals surface area contributed by atoms with E-state index in [9.17, 15) is 9.59 Å². The van der Waals surface area contributed by atoms with Crippen LogP contribution in [0.5, 0.6) is 0 Å². The molecule has 3 aromatic rings. The summed E-state index contributed by atoms with van der Waals surface area (Å²) in [4.78, 5) is 33.0. The minimum atomic E-state index is -0.376. The first-order valence-corrected chi connectivity index (χ1v) is 11.2. The molecule has 0 atom stereocenters. The zero-order valence-electron chi connectivity index (χ0n) is 20.4. The average Bonchev–Trinajstić information content (AvgIpc) is 3.08. The number of aryl methyl sites for hydroxylation is 2. The summed E-state index contributed by atoms with van der Waals surface area (Å²) in [5.74, 6) is -0.434. The summed E-state index contributed by atoms with van der Waals surface area (Å²) in [6.45, 7) is 8.80. The molecule has 0 spiro atoms. The van der Waals surface area contributed by atoms with Gasteiger partial charge in [-0.15, -0.1) is 0 Å². The highest BCUT2D eigenvalue weighted by atomic mass is 16.5. The van der Waals surface area contributed by atoms with Gasteiger partial charge in [-0.05, 0) is 62.6 Å². The molecular formula is C27H33N3O3. The predicted molar refractivity (Wildman–Crippen MR) is 132 cm³/mol. The van der Waals surface area contributed by atoms with Crippen LogP contribution in [-0.2, 0) is 17.8 Å². The second-order valence-corrected chi connectivity index (χ2v) is 8.54. The first kappa shape index (κ1) is 24.1. The minimum Gasteiger partial charge on any atom is -0.461 e. The lowest BCUT2D eigenvalue weighted by molar-refractivity contribution is 0.0519. The van der Waals surface area contributed by atoms with Crippen molar-refractivity contribution >= 4 is 17.6 Å². The maximum atomic E-state index is 13.7. The highest BCUT2D eigenvalue weighted by Crippen LogP contribution is 2.24. The first-order valence-electron chi connectivity index (χ1n) is 11.2. The van der Waals surface area contributed by atoms with Crippen molar-refractivity contribution in [2.45, 2.75) is 40.8 Å². The van der Waals surface area contributed by atoms with Crippen molar-refractivity contribution in [3.8, 4) is 0 Å². The smallest absolute Gasteiger partial charge is 0.355 e. The third-order valence-electron chi connectivity index (χ3n) is 5.81. The number of aromatic amines is 1. The van der Waals surface area contributed by atoms with Gasteiger partial charge >= 0.3 is 5.97 Å². The number of carbonyl (C=O) groups is 2. The number of ether oxygens (including phenoxy) is 1. The van der Waals surface area contributed by atoms with Crippen LogP contribution in [0.2, 0.25) is 0 Å². The third kappa shape index (κ3) is 5.64. The van der Waals surface area contributed by atoms with Crippen molar-refractivity contribution < 1.29 is 14.3 Å². The molecule has 1 amide bonds. The maximum Gasteiger partial charge on any atom is 0.355 e. The van der Waals surface area contributed by atoms with Crippen LogP contribution in [0.25, 0.3) is 0 Å². The van der Waals surface area contributed by atoms with E-state index in [1.54, 1.807) is 6.92 Å². The first-order chi connectivity index (χ1) is 15.7. The zero-order chi connectivity index (χ0) is 24.1. The maximum absolute atomic E-state index is 13.7. The van der Waals surface area contributed by atoms with E-state index in [1.165, 1.54) is 5.56 Å². The number of rotatable bonds is 8. The van der Waals surface area contributed by atoms with Crippen LogP contribution in [0.3, 0.4) is 0 Å². The topological polar surface area (TPSA) is 65.6 Å². The summed E-state index contributed by atoms with van der Waals surface area (Å²) in [5.41, 5.74) is 6.87. The van der Waals surface area contributed by atoms with Crippen molar-refractivity contribution in [1.82, 2.24) is 9.88 Å². The van der Waals surface area contributed by atoms with Crippen molar-refractivity contribution in [3.63, 3.8) is 0 Å². The number of hydrogen-bond acceptors (Lipinski definition) is 4. The van der Waals surface area contributed by atoms with Gasteiger partial charge in [0.1, 0.15) is 5.69 Å². The molecule has 1 N–H and O–H groups in total. The number of esters is 1. The Bertz CT molecular complexity index is 1130. The van der Waals surface area contributed by atoms with Gasteiger partial charge in [-0.3, -0.25) is 4.79 Å². The molecule has 174 valence electrons. The Balaban J connectivity index is 1.97. The molecule has 2 aromatic carbocycles. The van der Waals surface area contributed by atoms with Gasteiger partial charge < -0.3 is 19.5 Å². The van der Waals surface area contributed by atoms with Gasteiger partial charge in [-0.25, -0.2) is 4.79 Å². The summed E-state index contributed by atoms with van der Waals surface area (Å²) in [6.07, 6.45) is 0. The van der Waals surface area contributed by atoms with Gasteiger partial charge in [0.05, 0.1) is 6.61 Å². The lowest BCUT2D eigenvalue weighted by atomic mass is 10.1. The average molecular weight is 448 g/mol. The molecule has 0 saturated carbocycles. The Kier molecular flexibility index (Phi) is 7.59. The van der Waals surface area contributed by atoms with E-state index >= 15 is 0 Å². The van der Waals surface area contributed by atoms with Crippen molar-refractivity contribution in [3.05, 3.63) is 87.7 Å². The van der Waals surface area contributed by atoms with E-state index in [1.807, 2.05) is 81.1 Å². The molecule has 0 saturated heterocycles. The van der Waals surface area contributed by atoms with Gasteiger partial charge in [-0.2, -0.15) is 0 Å². The molecule has 0 fully saturated rings. The SMILES string of the molecule is CCOC(=O)c1[nH]c(C)c(CN(Cc2ccc(C)cc2)C(=O)c2cccc(N(C)C)c2)c1C. The molecular weight excluding hydrogens is 414 g/mol. The molecule has 6 nitrogen and oxygen atoms in total. The van der Waals surface area contributed by atoms with Gasteiger partial charge in [0, 0.05) is 44.1 Å². The molecule has 0 aliphatic carbocycles. The van der Waals surface area contributed by atoms with E-state index < -0.39 is 0 Å². The Morgan fingerprint density at radius 3 is 2.30 bits per heavy atom. The molecule has 0 unspecified atom stereocenters. The Morgan fingerprint density at radius 2 is 1.67 bits per heavy atom.